The molecule has 0 amide bonds. The third kappa shape index (κ3) is 4.64. The minimum atomic E-state index is -3.65. The van der Waals surface area contributed by atoms with E-state index < -0.39 is 10.0 Å². The number of benzene rings is 3. The Kier molecular flexibility index (Phi) is 5.45. The van der Waals surface area contributed by atoms with E-state index in [9.17, 15) is 8.42 Å². The average molecular weight is 417 g/mol. The second-order valence-corrected chi connectivity index (χ2v) is 8.31. The fourth-order valence-corrected chi connectivity index (χ4v) is 3.83. The maximum atomic E-state index is 12.5. The number of hydrogen-bond donors (Lipinski definition) is 1. The van der Waals surface area contributed by atoms with E-state index in [2.05, 4.69) is 14.7 Å². The van der Waals surface area contributed by atoms with Crippen molar-refractivity contribution in [2.75, 3.05) is 4.72 Å². The van der Waals surface area contributed by atoms with Gasteiger partial charge in [0.15, 0.2) is 5.82 Å². The molecule has 0 bridgehead atoms. The number of sulfonamides is 1. The molecule has 3 aromatic carbocycles. The number of aromatic nitrogens is 2. The van der Waals surface area contributed by atoms with Crippen molar-refractivity contribution in [3.05, 3.63) is 96.7 Å². The van der Waals surface area contributed by atoms with Crippen molar-refractivity contribution >= 4 is 15.7 Å². The molecule has 150 valence electrons. The quantitative estimate of drug-likeness (QED) is 0.475. The molecule has 1 heterocycles. The summed E-state index contributed by atoms with van der Waals surface area (Å²) in [7, 11) is -3.65. The van der Waals surface area contributed by atoms with Gasteiger partial charge in [0, 0.05) is 23.5 Å². The van der Waals surface area contributed by atoms with Crippen LogP contribution >= 0.6 is 0 Å². The Hall–Kier alpha value is -3.71. The van der Waals surface area contributed by atoms with Gasteiger partial charge in [-0.2, -0.15) is 4.98 Å². The maximum Gasteiger partial charge on any atom is 0.261 e. The SMILES string of the molecule is Cc1ccc(S(=O)(=O)Nc2ccc(Oc3ccnc(-c4ccccc4)n3)cc2)cc1. The average Bonchev–Trinajstić information content (AvgIpc) is 2.76. The lowest BCUT2D eigenvalue weighted by Crippen LogP contribution is -2.12. The van der Waals surface area contributed by atoms with Crippen LogP contribution in [0.15, 0.2) is 96.0 Å². The normalized spacial score (nSPS) is 11.1. The highest BCUT2D eigenvalue weighted by atomic mass is 32.2. The first-order valence-corrected chi connectivity index (χ1v) is 10.7. The molecule has 0 aliphatic rings. The van der Waals surface area contributed by atoms with Gasteiger partial charge in [0.2, 0.25) is 5.88 Å². The van der Waals surface area contributed by atoms with Gasteiger partial charge in [0.25, 0.3) is 10.0 Å². The zero-order valence-electron chi connectivity index (χ0n) is 16.2. The van der Waals surface area contributed by atoms with E-state index in [-0.39, 0.29) is 4.90 Å². The molecular formula is C23H19N3O3S. The van der Waals surface area contributed by atoms with Crippen LogP contribution in [0.1, 0.15) is 5.56 Å². The topological polar surface area (TPSA) is 81.2 Å². The highest BCUT2D eigenvalue weighted by Gasteiger charge is 2.14. The first-order chi connectivity index (χ1) is 14.5. The lowest BCUT2D eigenvalue weighted by Gasteiger charge is -2.10. The summed E-state index contributed by atoms with van der Waals surface area (Å²) in [4.78, 5) is 8.91. The minimum Gasteiger partial charge on any atom is -0.439 e. The van der Waals surface area contributed by atoms with Gasteiger partial charge in [-0.25, -0.2) is 13.4 Å². The van der Waals surface area contributed by atoms with Crippen molar-refractivity contribution < 1.29 is 13.2 Å². The molecule has 0 radical (unpaired) electrons. The molecular weight excluding hydrogens is 398 g/mol. The minimum absolute atomic E-state index is 0.211. The van der Waals surface area contributed by atoms with Gasteiger partial charge in [-0.05, 0) is 43.3 Å². The van der Waals surface area contributed by atoms with E-state index in [1.165, 1.54) is 0 Å². The van der Waals surface area contributed by atoms with Gasteiger partial charge in [0.05, 0.1) is 4.90 Å². The highest BCUT2D eigenvalue weighted by Crippen LogP contribution is 2.24. The molecule has 0 unspecified atom stereocenters. The fraction of sp³-hybridized carbons (Fsp3) is 0.0435. The van der Waals surface area contributed by atoms with Gasteiger partial charge in [-0.3, -0.25) is 4.72 Å². The standard InChI is InChI=1S/C23H19N3O3S/c1-17-7-13-21(14-8-17)30(27,28)26-19-9-11-20(12-10-19)29-22-15-16-24-23(25-22)18-5-3-2-4-6-18/h2-16,26H,1H3. The summed E-state index contributed by atoms with van der Waals surface area (Å²) in [5, 5.41) is 0. The van der Waals surface area contributed by atoms with E-state index in [1.807, 2.05) is 37.3 Å². The summed E-state index contributed by atoms with van der Waals surface area (Å²) in [6.45, 7) is 1.91. The van der Waals surface area contributed by atoms with Crippen LogP contribution in [0.2, 0.25) is 0 Å². The molecule has 0 fully saturated rings. The lowest BCUT2D eigenvalue weighted by atomic mass is 10.2. The van der Waals surface area contributed by atoms with Gasteiger partial charge >= 0.3 is 0 Å². The van der Waals surface area contributed by atoms with Crippen molar-refractivity contribution in [3.8, 4) is 23.0 Å². The first-order valence-electron chi connectivity index (χ1n) is 9.25. The van der Waals surface area contributed by atoms with Crippen LogP contribution < -0.4 is 9.46 Å². The fourth-order valence-electron chi connectivity index (χ4n) is 2.77. The molecule has 0 aliphatic heterocycles. The second-order valence-electron chi connectivity index (χ2n) is 6.63. The zero-order valence-corrected chi connectivity index (χ0v) is 17.0. The summed E-state index contributed by atoms with van der Waals surface area (Å²) in [6, 6.07) is 24.6. The summed E-state index contributed by atoms with van der Waals surface area (Å²) in [6.07, 6.45) is 1.63. The number of anilines is 1. The Morgan fingerprint density at radius 2 is 1.53 bits per heavy atom. The molecule has 4 rings (SSSR count). The van der Waals surface area contributed by atoms with Crippen LogP contribution in [-0.2, 0) is 10.0 Å². The maximum absolute atomic E-state index is 12.5. The number of hydrogen-bond acceptors (Lipinski definition) is 5. The molecule has 0 saturated carbocycles. The van der Waals surface area contributed by atoms with Crippen LogP contribution in [0.25, 0.3) is 11.4 Å². The van der Waals surface area contributed by atoms with Gasteiger partial charge < -0.3 is 4.74 Å². The van der Waals surface area contributed by atoms with E-state index in [0.717, 1.165) is 11.1 Å². The van der Waals surface area contributed by atoms with E-state index >= 15 is 0 Å². The summed E-state index contributed by atoms with van der Waals surface area (Å²) >= 11 is 0. The molecule has 1 N–H and O–H groups in total. The number of ether oxygens (including phenoxy) is 1. The van der Waals surface area contributed by atoms with Crippen molar-refractivity contribution in [2.24, 2.45) is 0 Å². The van der Waals surface area contributed by atoms with Crippen LogP contribution in [0, 0.1) is 6.92 Å². The van der Waals surface area contributed by atoms with E-state index in [0.29, 0.717) is 23.1 Å². The van der Waals surface area contributed by atoms with E-state index in [4.69, 9.17) is 4.74 Å². The molecule has 0 saturated heterocycles. The summed E-state index contributed by atoms with van der Waals surface area (Å²) in [5.74, 6) is 1.50. The second kappa shape index (κ2) is 8.34. The van der Waals surface area contributed by atoms with Gasteiger partial charge in [-0.15, -0.1) is 0 Å². The molecule has 0 atom stereocenters. The van der Waals surface area contributed by atoms with Gasteiger partial charge in [-0.1, -0.05) is 48.0 Å². The number of aryl methyl sites for hydroxylation is 1. The van der Waals surface area contributed by atoms with Crippen molar-refractivity contribution in [3.63, 3.8) is 0 Å². The summed E-state index contributed by atoms with van der Waals surface area (Å²) in [5.41, 5.74) is 2.33. The lowest BCUT2D eigenvalue weighted by molar-refractivity contribution is 0.462. The van der Waals surface area contributed by atoms with Crippen molar-refractivity contribution in [1.29, 1.82) is 0 Å². The molecule has 0 spiro atoms. The van der Waals surface area contributed by atoms with Crippen LogP contribution in [0.4, 0.5) is 5.69 Å². The Morgan fingerprint density at radius 3 is 2.23 bits per heavy atom. The highest BCUT2D eigenvalue weighted by molar-refractivity contribution is 7.92. The Labute approximate surface area is 175 Å². The molecule has 0 aliphatic carbocycles. The molecule has 6 nitrogen and oxygen atoms in total. The molecule has 30 heavy (non-hydrogen) atoms. The predicted octanol–water partition coefficient (Wildman–Crippen LogP) is 5.05. The van der Waals surface area contributed by atoms with Crippen molar-refractivity contribution in [1.82, 2.24) is 9.97 Å². The van der Waals surface area contributed by atoms with Crippen LogP contribution in [0.3, 0.4) is 0 Å². The molecule has 7 heteroatoms. The third-order valence-electron chi connectivity index (χ3n) is 4.32. The monoisotopic (exact) mass is 417 g/mol. The smallest absolute Gasteiger partial charge is 0.261 e. The Bertz CT molecular complexity index is 1240. The third-order valence-corrected chi connectivity index (χ3v) is 5.72. The largest absolute Gasteiger partial charge is 0.439 e. The molecule has 4 aromatic rings. The first kappa shape index (κ1) is 19.6. The van der Waals surface area contributed by atoms with Gasteiger partial charge in [0.1, 0.15) is 5.75 Å². The predicted molar refractivity (Wildman–Crippen MR) is 116 cm³/mol. The number of nitrogens with one attached hydrogen (secondary N) is 1. The van der Waals surface area contributed by atoms with Crippen molar-refractivity contribution in [2.45, 2.75) is 11.8 Å². The Morgan fingerprint density at radius 1 is 0.833 bits per heavy atom. The molecule has 1 aromatic heterocycles. The summed E-state index contributed by atoms with van der Waals surface area (Å²) < 4.78 is 33.4. The Balaban J connectivity index is 1.47. The van der Waals surface area contributed by atoms with E-state index in [1.54, 1.807) is 60.8 Å². The van der Waals surface area contributed by atoms with Crippen LogP contribution in [0.5, 0.6) is 11.6 Å². The number of nitrogens with zero attached hydrogens (tertiary/aromatic N) is 2. The zero-order chi connectivity index (χ0) is 21.0. The van der Waals surface area contributed by atoms with Crippen LogP contribution in [-0.4, -0.2) is 18.4 Å². The number of rotatable bonds is 6.